The quantitative estimate of drug-likeness (QED) is 0.841. The van der Waals surface area contributed by atoms with Gasteiger partial charge < -0.3 is 15.2 Å². The highest BCUT2D eigenvalue weighted by atomic mass is 16.5. The van der Waals surface area contributed by atoms with Gasteiger partial charge in [-0.2, -0.15) is 4.98 Å². The summed E-state index contributed by atoms with van der Waals surface area (Å²) in [7, 11) is 0. The number of nitrogens with one attached hydrogen (secondary N) is 1. The van der Waals surface area contributed by atoms with E-state index in [-0.39, 0.29) is 5.56 Å². The molecule has 0 saturated carbocycles. The lowest BCUT2D eigenvalue weighted by Gasteiger charge is -2.07. The van der Waals surface area contributed by atoms with Crippen molar-refractivity contribution in [1.82, 2.24) is 9.97 Å². The lowest BCUT2D eigenvalue weighted by atomic mass is 10.2. The van der Waals surface area contributed by atoms with Crippen LogP contribution in [0.5, 0.6) is 5.88 Å². The Morgan fingerprint density at radius 1 is 1.30 bits per heavy atom. The number of hydrogen-bond donors (Lipinski definition) is 2. The van der Waals surface area contributed by atoms with Gasteiger partial charge >= 0.3 is 5.97 Å². The number of carboxylic acids is 1. The average molecular weight is 273 g/mol. The Labute approximate surface area is 116 Å². The Kier molecular flexibility index (Phi) is 4.49. The van der Waals surface area contributed by atoms with Crippen LogP contribution in [0.15, 0.2) is 36.7 Å². The molecule has 0 aliphatic heterocycles. The van der Waals surface area contributed by atoms with Crippen molar-refractivity contribution in [1.29, 1.82) is 0 Å². The molecule has 0 unspecified atom stereocenters. The van der Waals surface area contributed by atoms with Crippen molar-refractivity contribution in [2.24, 2.45) is 0 Å². The summed E-state index contributed by atoms with van der Waals surface area (Å²) in [5.74, 6) is 0.0481. The predicted molar refractivity (Wildman–Crippen MR) is 74.5 cm³/mol. The molecule has 1 aromatic carbocycles. The Morgan fingerprint density at radius 2 is 2.05 bits per heavy atom. The number of hydrogen-bond acceptors (Lipinski definition) is 5. The van der Waals surface area contributed by atoms with Crippen molar-refractivity contribution in [2.75, 3.05) is 11.9 Å². The Balaban J connectivity index is 2.07. The fraction of sp³-hybridized carbons (Fsp3) is 0.214. The molecule has 20 heavy (non-hydrogen) atoms. The van der Waals surface area contributed by atoms with Crippen molar-refractivity contribution in [3.8, 4) is 5.88 Å². The monoisotopic (exact) mass is 273 g/mol. The maximum Gasteiger partial charge on any atom is 0.335 e. The highest BCUT2D eigenvalue weighted by molar-refractivity contribution is 5.88. The van der Waals surface area contributed by atoms with E-state index in [2.05, 4.69) is 15.3 Å². The lowest BCUT2D eigenvalue weighted by Crippen LogP contribution is -2.01. The lowest BCUT2D eigenvalue weighted by molar-refractivity contribution is 0.0697. The summed E-state index contributed by atoms with van der Waals surface area (Å²) in [6.45, 7) is 2.60. The van der Waals surface area contributed by atoms with E-state index in [0.717, 1.165) is 12.1 Å². The van der Waals surface area contributed by atoms with Crippen molar-refractivity contribution in [3.05, 3.63) is 42.2 Å². The largest absolute Gasteiger partial charge is 0.478 e. The molecule has 6 heteroatoms. The van der Waals surface area contributed by atoms with Crippen LogP contribution >= 0.6 is 0 Å². The number of aromatic carboxylic acids is 1. The highest BCUT2D eigenvalue weighted by Crippen LogP contribution is 2.16. The van der Waals surface area contributed by atoms with Gasteiger partial charge in [0, 0.05) is 5.69 Å². The minimum absolute atomic E-state index is 0.238. The average Bonchev–Trinajstić information content (AvgIpc) is 2.46. The van der Waals surface area contributed by atoms with Crippen LogP contribution in [0, 0.1) is 0 Å². The Hall–Kier alpha value is -2.63. The van der Waals surface area contributed by atoms with E-state index in [1.807, 2.05) is 6.92 Å². The van der Waals surface area contributed by atoms with Gasteiger partial charge in [-0.25, -0.2) is 4.79 Å². The van der Waals surface area contributed by atoms with Gasteiger partial charge in [-0.1, -0.05) is 6.92 Å². The van der Waals surface area contributed by atoms with Crippen LogP contribution in [-0.4, -0.2) is 27.7 Å². The summed E-state index contributed by atoms with van der Waals surface area (Å²) < 4.78 is 5.39. The van der Waals surface area contributed by atoms with Gasteiger partial charge in [-0.3, -0.25) is 4.98 Å². The SMILES string of the molecule is CCCOc1cncc(Nc2ccc(C(=O)O)cc2)n1. The molecule has 0 radical (unpaired) electrons. The van der Waals surface area contributed by atoms with Gasteiger partial charge in [-0.05, 0) is 30.7 Å². The molecule has 6 nitrogen and oxygen atoms in total. The van der Waals surface area contributed by atoms with Crippen molar-refractivity contribution >= 4 is 17.5 Å². The fourth-order valence-corrected chi connectivity index (χ4v) is 1.53. The van der Waals surface area contributed by atoms with E-state index >= 15 is 0 Å². The van der Waals surface area contributed by atoms with Gasteiger partial charge in [0.15, 0.2) is 5.82 Å². The molecule has 2 aromatic rings. The summed E-state index contributed by atoms with van der Waals surface area (Å²) in [5, 5.41) is 11.9. The van der Waals surface area contributed by atoms with Crippen LogP contribution in [0.2, 0.25) is 0 Å². The Bertz CT molecular complexity index is 584. The summed E-state index contributed by atoms with van der Waals surface area (Å²) in [5.41, 5.74) is 0.971. The van der Waals surface area contributed by atoms with Crippen LogP contribution in [0.3, 0.4) is 0 Å². The number of anilines is 2. The van der Waals surface area contributed by atoms with Gasteiger partial charge in [0.05, 0.1) is 24.6 Å². The minimum Gasteiger partial charge on any atom is -0.478 e. The number of ether oxygens (including phenoxy) is 1. The third-order valence-electron chi connectivity index (χ3n) is 2.47. The molecule has 1 heterocycles. The zero-order valence-corrected chi connectivity index (χ0v) is 11.0. The topological polar surface area (TPSA) is 84.3 Å². The van der Waals surface area contributed by atoms with Crippen molar-refractivity contribution < 1.29 is 14.6 Å². The zero-order valence-electron chi connectivity index (χ0n) is 11.0. The maximum absolute atomic E-state index is 10.8. The van der Waals surface area contributed by atoms with Crippen LogP contribution in [-0.2, 0) is 0 Å². The third kappa shape index (κ3) is 3.68. The number of carbonyl (C=O) groups is 1. The van der Waals surface area contributed by atoms with E-state index in [9.17, 15) is 4.79 Å². The van der Waals surface area contributed by atoms with E-state index in [0.29, 0.717) is 18.3 Å². The third-order valence-corrected chi connectivity index (χ3v) is 2.47. The second-order valence-electron chi connectivity index (χ2n) is 4.10. The summed E-state index contributed by atoms with van der Waals surface area (Å²) in [4.78, 5) is 19.0. The molecule has 0 aliphatic carbocycles. The van der Waals surface area contributed by atoms with E-state index in [1.54, 1.807) is 24.5 Å². The molecule has 0 amide bonds. The highest BCUT2D eigenvalue weighted by Gasteiger charge is 2.03. The van der Waals surface area contributed by atoms with Gasteiger partial charge in [-0.15, -0.1) is 0 Å². The Morgan fingerprint density at radius 3 is 2.70 bits per heavy atom. The molecule has 0 spiro atoms. The van der Waals surface area contributed by atoms with Crippen molar-refractivity contribution in [2.45, 2.75) is 13.3 Å². The van der Waals surface area contributed by atoms with Gasteiger partial charge in [0.25, 0.3) is 0 Å². The van der Waals surface area contributed by atoms with E-state index < -0.39 is 5.97 Å². The van der Waals surface area contributed by atoms with Crippen molar-refractivity contribution in [3.63, 3.8) is 0 Å². The van der Waals surface area contributed by atoms with Crippen LogP contribution in [0.25, 0.3) is 0 Å². The molecule has 0 bridgehead atoms. The van der Waals surface area contributed by atoms with Crippen LogP contribution in [0.4, 0.5) is 11.5 Å². The smallest absolute Gasteiger partial charge is 0.335 e. The maximum atomic E-state index is 10.8. The number of aromatic nitrogens is 2. The number of nitrogens with zero attached hydrogens (tertiary/aromatic N) is 2. The predicted octanol–water partition coefficient (Wildman–Crippen LogP) is 2.71. The first-order valence-electron chi connectivity index (χ1n) is 6.24. The molecule has 2 rings (SSSR count). The minimum atomic E-state index is -0.952. The first-order chi connectivity index (χ1) is 9.69. The zero-order chi connectivity index (χ0) is 14.4. The standard InChI is InChI=1S/C14H15N3O3/c1-2-7-20-13-9-15-8-12(17-13)16-11-5-3-10(4-6-11)14(18)19/h3-6,8-9H,2,7H2,1H3,(H,16,17)(H,18,19). The first-order valence-corrected chi connectivity index (χ1v) is 6.24. The summed E-state index contributed by atoms with van der Waals surface area (Å²) in [6, 6.07) is 6.39. The number of benzene rings is 1. The number of carboxylic acid groups (broad SMARTS) is 1. The first kappa shape index (κ1) is 13.8. The molecule has 0 saturated heterocycles. The molecule has 104 valence electrons. The molecular weight excluding hydrogens is 258 g/mol. The van der Waals surface area contributed by atoms with Gasteiger partial charge in [0.2, 0.25) is 5.88 Å². The molecule has 1 aromatic heterocycles. The van der Waals surface area contributed by atoms with Crippen LogP contribution < -0.4 is 10.1 Å². The molecule has 0 fully saturated rings. The second-order valence-corrected chi connectivity index (χ2v) is 4.10. The molecule has 0 aliphatic rings. The summed E-state index contributed by atoms with van der Waals surface area (Å²) in [6.07, 6.45) is 4.02. The summed E-state index contributed by atoms with van der Waals surface area (Å²) >= 11 is 0. The van der Waals surface area contributed by atoms with Gasteiger partial charge in [0.1, 0.15) is 0 Å². The number of rotatable bonds is 6. The molecule has 2 N–H and O–H groups in total. The van der Waals surface area contributed by atoms with E-state index in [1.165, 1.54) is 12.1 Å². The fourth-order valence-electron chi connectivity index (χ4n) is 1.53. The molecular formula is C14H15N3O3. The van der Waals surface area contributed by atoms with E-state index in [4.69, 9.17) is 9.84 Å². The second kappa shape index (κ2) is 6.51. The normalized spacial score (nSPS) is 10.1. The van der Waals surface area contributed by atoms with Crippen LogP contribution in [0.1, 0.15) is 23.7 Å². The molecule has 0 atom stereocenters.